The number of carbonyl (C=O) groups excluding carboxylic acids is 2. The number of likely N-dealkylation sites (tertiary alicyclic amines) is 1. The van der Waals surface area contributed by atoms with Gasteiger partial charge in [-0.15, -0.1) is 0 Å². The second-order valence-corrected chi connectivity index (χ2v) is 6.37. The van der Waals surface area contributed by atoms with Crippen molar-refractivity contribution >= 4 is 11.8 Å². The summed E-state index contributed by atoms with van der Waals surface area (Å²) in [4.78, 5) is 29.6. The number of pyridine rings is 1. The molecule has 2 fully saturated rings. The van der Waals surface area contributed by atoms with Crippen LogP contribution < -0.4 is 5.32 Å². The normalized spacial score (nSPS) is 21.5. The molecule has 3 rings (SSSR count). The van der Waals surface area contributed by atoms with Gasteiger partial charge in [-0.2, -0.15) is 0 Å². The molecule has 3 heterocycles. The molecule has 1 aromatic rings. The number of ether oxygens (including phenoxy) is 2. The highest BCUT2D eigenvalue weighted by Gasteiger charge is 2.53. The van der Waals surface area contributed by atoms with Crippen LogP contribution in [-0.2, 0) is 14.3 Å². The van der Waals surface area contributed by atoms with Crippen LogP contribution >= 0.6 is 0 Å². The molecule has 24 heavy (non-hydrogen) atoms. The summed E-state index contributed by atoms with van der Waals surface area (Å²) in [6.07, 6.45) is 5.01. The molecule has 0 saturated carbocycles. The number of nitrogens with zero attached hydrogens (tertiary/aromatic N) is 2. The quantitative estimate of drug-likeness (QED) is 0.818. The number of rotatable bonds is 6. The number of aromatic nitrogens is 1. The van der Waals surface area contributed by atoms with Gasteiger partial charge in [0.25, 0.3) is 5.91 Å². The first-order valence-electron chi connectivity index (χ1n) is 8.23. The number of nitrogens with one attached hydrogen (secondary N) is 1. The summed E-state index contributed by atoms with van der Waals surface area (Å²) in [5, 5.41) is 2.93. The van der Waals surface area contributed by atoms with Gasteiger partial charge in [0.2, 0.25) is 5.91 Å². The Morgan fingerprint density at radius 1 is 1.50 bits per heavy atom. The van der Waals surface area contributed by atoms with Gasteiger partial charge >= 0.3 is 0 Å². The van der Waals surface area contributed by atoms with E-state index >= 15 is 0 Å². The number of amides is 2. The minimum Gasteiger partial charge on any atom is -0.375 e. The third-order valence-corrected chi connectivity index (χ3v) is 4.84. The van der Waals surface area contributed by atoms with Gasteiger partial charge in [0.1, 0.15) is 12.2 Å². The Morgan fingerprint density at radius 3 is 3.04 bits per heavy atom. The number of hydrogen-bond acceptors (Lipinski definition) is 5. The van der Waals surface area contributed by atoms with Gasteiger partial charge in [-0.25, -0.2) is 0 Å². The lowest BCUT2D eigenvalue weighted by molar-refractivity contribution is -0.168. The molecule has 1 aromatic heterocycles. The summed E-state index contributed by atoms with van der Waals surface area (Å²) in [6.45, 7) is 2.66. The molecule has 2 aliphatic heterocycles. The molecular formula is C17H23N3O4. The number of hydrogen-bond donors (Lipinski definition) is 1. The fourth-order valence-corrected chi connectivity index (χ4v) is 3.49. The first-order chi connectivity index (χ1) is 11.6. The molecule has 0 bridgehead atoms. The van der Waals surface area contributed by atoms with Crippen LogP contribution in [0.15, 0.2) is 24.5 Å². The van der Waals surface area contributed by atoms with Crippen LogP contribution in [0.5, 0.6) is 0 Å². The molecule has 2 amide bonds. The largest absolute Gasteiger partial charge is 0.375 e. The van der Waals surface area contributed by atoms with E-state index < -0.39 is 0 Å². The van der Waals surface area contributed by atoms with Gasteiger partial charge in [0, 0.05) is 32.7 Å². The predicted molar refractivity (Wildman–Crippen MR) is 86.4 cm³/mol. The van der Waals surface area contributed by atoms with Gasteiger partial charge in [-0.1, -0.05) is 0 Å². The molecule has 0 radical (unpaired) electrons. The fraction of sp³-hybridized carbons (Fsp3) is 0.588. The Kier molecular flexibility index (Phi) is 5.11. The Hall–Kier alpha value is -1.99. The van der Waals surface area contributed by atoms with E-state index in [2.05, 4.69) is 10.3 Å². The van der Waals surface area contributed by atoms with Crippen molar-refractivity contribution in [2.75, 3.05) is 40.0 Å². The van der Waals surface area contributed by atoms with Crippen molar-refractivity contribution < 1.29 is 19.1 Å². The summed E-state index contributed by atoms with van der Waals surface area (Å²) in [5.41, 5.74) is 0.331. The van der Waals surface area contributed by atoms with Crippen LogP contribution in [0.1, 0.15) is 23.2 Å². The lowest BCUT2D eigenvalue weighted by Gasteiger charge is -2.50. The zero-order chi connectivity index (χ0) is 17.0. The van der Waals surface area contributed by atoms with Crippen LogP contribution in [0.3, 0.4) is 0 Å². The smallest absolute Gasteiger partial charge is 0.252 e. The molecule has 7 nitrogen and oxygen atoms in total. The van der Waals surface area contributed by atoms with Crippen molar-refractivity contribution in [3.63, 3.8) is 0 Å². The molecule has 1 N–H and O–H groups in total. The van der Waals surface area contributed by atoms with E-state index in [4.69, 9.17) is 9.47 Å². The second kappa shape index (κ2) is 7.27. The third kappa shape index (κ3) is 3.42. The monoisotopic (exact) mass is 333 g/mol. The van der Waals surface area contributed by atoms with E-state index in [9.17, 15) is 9.59 Å². The first kappa shape index (κ1) is 16.9. The maximum absolute atomic E-state index is 12.0. The van der Waals surface area contributed by atoms with Gasteiger partial charge in [-0.3, -0.25) is 14.6 Å². The molecule has 1 atom stereocenters. The Labute approximate surface area is 141 Å². The van der Waals surface area contributed by atoms with Crippen LogP contribution in [0, 0.1) is 5.92 Å². The molecule has 7 heteroatoms. The van der Waals surface area contributed by atoms with Crippen molar-refractivity contribution in [3.8, 4) is 0 Å². The fourth-order valence-electron chi connectivity index (χ4n) is 3.49. The highest BCUT2D eigenvalue weighted by Crippen LogP contribution is 2.41. The molecule has 0 aromatic carbocycles. The molecule has 1 spiro atoms. The van der Waals surface area contributed by atoms with E-state index in [-0.39, 0.29) is 24.0 Å². The summed E-state index contributed by atoms with van der Waals surface area (Å²) >= 11 is 0. The summed E-state index contributed by atoms with van der Waals surface area (Å²) in [7, 11) is 1.52. The van der Waals surface area contributed by atoms with Crippen molar-refractivity contribution in [1.29, 1.82) is 0 Å². The summed E-state index contributed by atoms with van der Waals surface area (Å²) in [6, 6.07) is 3.49. The molecule has 130 valence electrons. The highest BCUT2D eigenvalue weighted by atomic mass is 16.5. The van der Waals surface area contributed by atoms with Gasteiger partial charge in [0.15, 0.2) is 0 Å². The van der Waals surface area contributed by atoms with E-state index in [0.717, 1.165) is 12.8 Å². The molecule has 2 saturated heterocycles. The number of methoxy groups -OCH3 is 1. The van der Waals surface area contributed by atoms with E-state index in [0.29, 0.717) is 37.7 Å². The van der Waals surface area contributed by atoms with Gasteiger partial charge in [0.05, 0.1) is 18.7 Å². The maximum atomic E-state index is 12.0. The van der Waals surface area contributed by atoms with Crippen LogP contribution in [0.4, 0.5) is 0 Å². The molecule has 0 unspecified atom stereocenters. The standard InChI is InChI=1S/C17H23N3O4/c1-23-10-15(21)20-11-17(12-20)14(5-8-24-17)4-7-19-16(22)13-3-2-6-18-9-13/h2-3,6,9,14H,4-5,7-8,10-12H2,1H3,(H,19,22)/t14-/m1/s1. The molecule has 2 aliphatic rings. The zero-order valence-electron chi connectivity index (χ0n) is 13.9. The lowest BCUT2D eigenvalue weighted by Crippen LogP contribution is -2.66. The van der Waals surface area contributed by atoms with Gasteiger partial charge < -0.3 is 19.7 Å². The summed E-state index contributed by atoms with van der Waals surface area (Å²) in [5.74, 6) is 0.252. The minimum absolute atomic E-state index is 0.00209. The first-order valence-corrected chi connectivity index (χ1v) is 8.23. The van der Waals surface area contributed by atoms with Gasteiger partial charge in [-0.05, 0) is 30.9 Å². The van der Waals surface area contributed by atoms with Crippen LogP contribution in [0.25, 0.3) is 0 Å². The number of carbonyl (C=O) groups is 2. The van der Waals surface area contributed by atoms with Crippen molar-refractivity contribution in [3.05, 3.63) is 30.1 Å². The average Bonchev–Trinajstić information content (AvgIpc) is 2.98. The van der Waals surface area contributed by atoms with Crippen molar-refractivity contribution in [1.82, 2.24) is 15.2 Å². The van der Waals surface area contributed by atoms with Crippen LogP contribution in [0.2, 0.25) is 0 Å². The van der Waals surface area contributed by atoms with Crippen molar-refractivity contribution in [2.45, 2.75) is 18.4 Å². The van der Waals surface area contributed by atoms with E-state index in [1.165, 1.54) is 7.11 Å². The topological polar surface area (TPSA) is 80.8 Å². The Bertz CT molecular complexity index is 587. The molecular weight excluding hydrogens is 310 g/mol. The SMILES string of the molecule is COCC(=O)N1CC2(C1)OCC[C@H]2CCNC(=O)c1cccnc1. The predicted octanol–water partition coefficient (Wildman–Crippen LogP) is 0.465. The van der Waals surface area contributed by atoms with E-state index in [1.807, 2.05) is 0 Å². The van der Waals surface area contributed by atoms with Crippen molar-refractivity contribution in [2.24, 2.45) is 5.92 Å². The lowest BCUT2D eigenvalue weighted by atomic mass is 9.79. The highest BCUT2D eigenvalue weighted by molar-refractivity contribution is 5.93. The summed E-state index contributed by atoms with van der Waals surface area (Å²) < 4.78 is 10.8. The second-order valence-electron chi connectivity index (χ2n) is 6.37. The zero-order valence-corrected chi connectivity index (χ0v) is 13.9. The Morgan fingerprint density at radius 2 is 2.33 bits per heavy atom. The Balaban J connectivity index is 1.46. The third-order valence-electron chi connectivity index (χ3n) is 4.84. The average molecular weight is 333 g/mol. The maximum Gasteiger partial charge on any atom is 0.252 e. The van der Waals surface area contributed by atoms with E-state index in [1.54, 1.807) is 29.4 Å². The minimum atomic E-state index is -0.234. The molecule has 0 aliphatic carbocycles. The van der Waals surface area contributed by atoms with Crippen LogP contribution in [-0.4, -0.2) is 67.3 Å².